The quantitative estimate of drug-likeness (QED) is 0.473. The maximum atomic E-state index is 6.04. The molecule has 0 radical (unpaired) electrons. The summed E-state index contributed by atoms with van der Waals surface area (Å²) in [5, 5.41) is 0. The van der Waals surface area contributed by atoms with Crippen LogP contribution in [0, 0.1) is 0 Å². The second-order valence-corrected chi connectivity index (χ2v) is 5.66. The van der Waals surface area contributed by atoms with E-state index in [1.165, 1.54) is 0 Å². The van der Waals surface area contributed by atoms with E-state index in [1.54, 1.807) is 7.11 Å². The van der Waals surface area contributed by atoms with E-state index >= 15 is 0 Å². The zero-order valence-corrected chi connectivity index (χ0v) is 14.8. The molecule has 1 aromatic carbocycles. The van der Waals surface area contributed by atoms with Crippen molar-refractivity contribution in [1.29, 1.82) is 0 Å². The van der Waals surface area contributed by atoms with Crippen molar-refractivity contribution in [3.63, 3.8) is 0 Å². The molecule has 1 heterocycles. The Kier molecular flexibility index (Phi) is 8.32. The lowest BCUT2D eigenvalue weighted by Gasteiger charge is -2.27. The minimum atomic E-state index is -0.0288. The van der Waals surface area contributed by atoms with Crippen LogP contribution in [-0.4, -0.2) is 49.1 Å². The highest BCUT2D eigenvalue weighted by atomic mass is 127. The number of halogens is 1. The van der Waals surface area contributed by atoms with E-state index in [4.69, 9.17) is 10.5 Å². The smallest absolute Gasteiger partial charge is 0.191 e. The Morgan fingerprint density at radius 1 is 1.35 bits per heavy atom. The standard InChI is InChI=1S/C14H21N3OS.HI/c1-18-13(12-5-3-2-4-6-12)11-16-14(15)17-7-9-19-10-8-17;/h2-6,13H,7-11H2,1H3,(H2,15,16);1H. The van der Waals surface area contributed by atoms with E-state index in [0.29, 0.717) is 12.5 Å². The molecule has 1 unspecified atom stereocenters. The van der Waals surface area contributed by atoms with Crippen molar-refractivity contribution < 1.29 is 4.74 Å². The largest absolute Gasteiger partial charge is 0.375 e. The van der Waals surface area contributed by atoms with Gasteiger partial charge >= 0.3 is 0 Å². The number of benzene rings is 1. The summed E-state index contributed by atoms with van der Waals surface area (Å²) in [6.45, 7) is 2.54. The number of methoxy groups -OCH3 is 1. The number of thioether (sulfide) groups is 1. The van der Waals surface area contributed by atoms with Crippen LogP contribution < -0.4 is 5.73 Å². The first-order chi connectivity index (χ1) is 9.31. The van der Waals surface area contributed by atoms with Crippen LogP contribution in [0.4, 0.5) is 0 Å². The van der Waals surface area contributed by atoms with Crippen LogP contribution in [0.2, 0.25) is 0 Å². The minimum absolute atomic E-state index is 0. The zero-order chi connectivity index (χ0) is 13.5. The van der Waals surface area contributed by atoms with Gasteiger partial charge in [0, 0.05) is 31.7 Å². The number of nitrogens with two attached hydrogens (primary N) is 1. The number of hydrogen-bond donors (Lipinski definition) is 1. The third-order valence-electron chi connectivity index (χ3n) is 3.21. The molecular weight excluding hydrogens is 385 g/mol. The molecule has 0 spiro atoms. The number of nitrogens with zero attached hydrogens (tertiary/aromatic N) is 2. The molecule has 1 aliphatic heterocycles. The van der Waals surface area contributed by atoms with Crippen LogP contribution >= 0.6 is 35.7 Å². The van der Waals surface area contributed by atoms with Crippen molar-refractivity contribution in [2.75, 3.05) is 38.2 Å². The lowest BCUT2D eigenvalue weighted by atomic mass is 10.1. The molecule has 112 valence electrons. The predicted octanol–water partition coefficient (Wildman–Crippen LogP) is 2.36. The molecule has 2 N–H and O–H groups in total. The van der Waals surface area contributed by atoms with E-state index in [1.807, 2.05) is 30.0 Å². The van der Waals surface area contributed by atoms with Crippen molar-refractivity contribution in [1.82, 2.24) is 4.90 Å². The molecule has 1 atom stereocenters. The maximum absolute atomic E-state index is 6.04. The fourth-order valence-corrected chi connectivity index (χ4v) is 2.96. The minimum Gasteiger partial charge on any atom is -0.375 e. The van der Waals surface area contributed by atoms with Crippen molar-refractivity contribution in [2.45, 2.75) is 6.10 Å². The topological polar surface area (TPSA) is 50.9 Å². The average molecular weight is 407 g/mol. The Morgan fingerprint density at radius 2 is 2.00 bits per heavy atom. The van der Waals surface area contributed by atoms with Gasteiger partial charge in [0.15, 0.2) is 5.96 Å². The Labute approximate surface area is 142 Å². The SMILES string of the molecule is COC(CN=C(N)N1CCSCC1)c1ccccc1.I. The van der Waals surface area contributed by atoms with Gasteiger partial charge in [0.25, 0.3) is 0 Å². The molecule has 0 amide bonds. The summed E-state index contributed by atoms with van der Waals surface area (Å²) in [6.07, 6.45) is -0.0288. The fourth-order valence-electron chi connectivity index (χ4n) is 2.05. The third kappa shape index (κ3) is 5.14. The highest BCUT2D eigenvalue weighted by molar-refractivity contribution is 14.0. The van der Waals surface area contributed by atoms with Crippen LogP contribution in [0.5, 0.6) is 0 Å². The summed E-state index contributed by atoms with van der Waals surface area (Å²) in [5.41, 5.74) is 7.18. The number of aliphatic imine (C=N–C) groups is 1. The highest BCUT2D eigenvalue weighted by Gasteiger charge is 2.14. The van der Waals surface area contributed by atoms with Crippen LogP contribution in [0.25, 0.3) is 0 Å². The van der Waals surface area contributed by atoms with Crippen molar-refractivity contribution in [3.8, 4) is 0 Å². The summed E-state index contributed by atoms with van der Waals surface area (Å²) in [6, 6.07) is 10.1. The average Bonchev–Trinajstić information content (AvgIpc) is 2.49. The van der Waals surface area contributed by atoms with Crippen LogP contribution in [0.15, 0.2) is 35.3 Å². The molecule has 0 aliphatic carbocycles. The summed E-state index contributed by atoms with van der Waals surface area (Å²) in [5.74, 6) is 2.89. The molecular formula is C14H22IN3OS. The third-order valence-corrected chi connectivity index (χ3v) is 4.15. The lowest BCUT2D eigenvalue weighted by Crippen LogP contribution is -2.42. The first kappa shape index (κ1) is 17.6. The molecule has 2 rings (SSSR count). The molecule has 4 nitrogen and oxygen atoms in total. The van der Waals surface area contributed by atoms with E-state index in [0.717, 1.165) is 30.2 Å². The first-order valence-electron chi connectivity index (χ1n) is 6.51. The van der Waals surface area contributed by atoms with Gasteiger partial charge in [-0.2, -0.15) is 11.8 Å². The Bertz CT molecular complexity index is 410. The summed E-state index contributed by atoms with van der Waals surface area (Å²) < 4.78 is 5.49. The van der Waals surface area contributed by atoms with E-state index in [2.05, 4.69) is 22.0 Å². The molecule has 0 bridgehead atoms. The second-order valence-electron chi connectivity index (χ2n) is 4.43. The number of hydrogen-bond acceptors (Lipinski definition) is 3. The van der Waals surface area contributed by atoms with Crippen molar-refractivity contribution in [2.24, 2.45) is 10.7 Å². The van der Waals surface area contributed by atoms with Gasteiger partial charge in [0.2, 0.25) is 0 Å². The predicted molar refractivity (Wildman–Crippen MR) is 97.0 cm³/mol. The normalized spacial score (nSPS) is 17.4. The van der Waals surface area contributed by atoms with Crippen LogP contribution in [0.1, 0.15) is 11.7 Å². The molecule has 1 saturated heterocycles. The molecule has 1 fully saturated rings. The monoisotopic (exact) mass is 407 g/mol. The number of rotatable bonds is 4. The van der Waals surface area contributed by atoms with E-state index in [-0.39, 0.29) is 30.1 Å². The molecule has 20 heavy (non-hydrogen) atoms. The summed E-state index contributed by atoms with van der Waals surface area (Å²) in [7, 11) is 1.71. The summed E-state index contributed by atoms with van der Waals surface area (Å²) in [4.78, 5) is 6.63. The van der Waals surface area contributed by atoms with Gasteiger partial charge in [-0.3, -0.25) is 4.99 Å². The molecule has 6 heteroatoms. The van der Waals surface area contributed by atoms with Gasteiger partial charge in [-0.1, -0.05) is 30.3 Å². The van der Waals surface area contributed by atoms with Gasteiger partial charge in [0.1, 0.15) is 6.10 Å². The van der Waals surface area contributed by atoms with E-state index in [9.17, 15) is 0 Å². The Hall–Kier alpha value is -0.470. The van der Waals surface area contributed by atoms with Crippen LogP contribution in [-0.2, 0) is 4.74 Å². The number of ether oxygens (including phenoxy) is 1. The van der Waals surface area contributed by atoms with Gasteiger partial charge in [-0.05, 0) is 5.56 Å². The first-order valence-corrected chi connectivity index (χ1v) is 7.67. The fraction of sp³-hybridized carbons (Fsp3) is 0.500. The van der Waals surface area contributed by atoms with Crippen molar-refractivity contribution >= 4 is 41.7 Å². The summed E-state index contributed by atoms with van der Waals surface area (Å²) >= 11 is 1.96. The molecule has 0 aromatic heterocycles. The number of guanidine groups is 1. The van der Waals surface area contributed by atoms with Gasteiger partial charge in [-0.15, -0.1) is 24.0 Å². The molecule has 0 saturated carbocycles. The maximum Gasteiger partial charge on any atom is 0.191 e. The van der Waals surface area contributed by atoms with Crippen LogP contribution in [0.3, 0.4) is 0 Å². The Balaban J connectivity index is 0.00000200. The lowest BCUT2D eigenvalue weighted by molar-refractivity contribution is 0.110. The molecule has 1 aromatic rings. The molecule has 1 aliphatic rings. The Morgan fingerprint density at radius 3 is 2.60 bits per heavy atom. The van der Waals surface area contributed by atoms with Crippen molar-refractivity contribution in [3.05, 3.63) is 35.9 Å². The second kappa shape index (κ2) is 9.46. The zero-order valence-electron chi connectivity index (χ0n) is 11.7. The highest BCUT2D eigenvalue weighted by Crippen LogP contribution is 2.16. The van der Waals surface area contributed by atoms with Gasteiger partial charge in [0.05, 0.1) is 6.54 Å². The van der Waals surface area contributed by atoms with E-state index < -0.39 is 0 Å². The van der Waals surface area contributed by atoms with Gasteiger partial charge < -0.3 is 15.4 Å². The van der Waals surface area contributed by atoms with Gasteiger partial charge in [-0.25, -0.2) is 0 Å².